The highest BCUT2D eigenvalue weighted by Gasteiger charge is 2.36. The number of halogens is 1. The molecule has 5 nitrogen and oxygen atoms in total. The van der Waals surface area contributed by atoms with E-state index >= 15 is 0 Å². The lowest BCUT2D eigenvalue weighted by Crippen LogP contribution is -2.49. The molecule has 24 heavy (non-hydrogen) atoms. The van der Waals surface area contributed by atoms with Crippen LogP contribution in [0.1, 0.15) is 32.6 Å². The van der Waals surface area contributed by atoms with Gasteiger partial charge in [-0.15, -0.1) is 12.4 Å². The van der Waals surface area contributed by atoms with Gasteiger partial charge in [0.2, 0.25) is 0 Å². The Balaban J connectivity index is 0.00000208. The number of rotatable bonds is 6. The molecule has 2 aliphatic heterocycles. The average Bonchev–Trinajstić information content (AvgIpc) is 2.91. The number of benzene rings is 1. The van der Waals surface area contributed by atoms with Gasteiger partial charge in [-0.05, 0) is 44.7 Å². The van der Waals surface area contributed by atoms with Crippen molar-refractivity contribution < 1.29 is 14.3 Å². The Bertz CT molecular complexity index is 543. The van der Waals surface area contributed by atoms with Crippen molar-refractivity contribution in [1.29, 1.82) is 0 Å². The van der Waals surface area contributed by atoms with E-state index in [0.29, 0.717) is 36.2 Å². The number of likely N-dealkylation sites (N-methyl/N-ethyl adjacent to an activating group) is 1. The fourth-order valence-electron chi connectivity index (χ4n) is 3.63. The summed E-state index contributed by atoms with van der Waals surface area (Å²) in [4.78, 5) is 14.3. The quantitative estimate of drug-likeness (QED) is 0.853. The summed E-state index contributed by atoms with van der Waals surface area (Å²) in [5.41, 5.74) is 0. The minimum atomic E-state index is 0. The Kier molecular flexibility index (Phi) is 6.75. The van der Waals surface area contributed by atoms with Crippen molar-refractivity contribution in [1.82, 2.24) is 10.2 Å². The molecule has 2 saturated heterocycles. The van der Waals surface area contributed by atoms with Crippen LogP contribution < -0.4 is 14.8 Å². The SMILES string of the molecule is CCOc1ccccc1OCC(=O)N(C)C1CC2CCC(C1)N2.Cl. The zero-order chi connectivity index (χ0) is 16.2. The van der Waals surface area contributed by atoms with E-state index in [2.05, 4.69) is 5.32 Å². The number of carbonyl (C=O) groups excluding carboxylic acids is 1. The van der Waals surface area contributed by atoms with Gasteiger partial charge in [0, 0.05) is 25.2 Å². The molecule has 2 unspecified atom stereocenters. The summed E-state index contributed by atoms with van der Waals surface area (Å²) >= 11 is 0. The monoisotopic (exact) mass is 354 g/mol. The van der Waals surface area contributed by atoms with Gasteiger partial charge in [-0.25, -0.2) is 0 Å². The second kappa shape index (κ2) is 8.58. The first-order chi connectivity index (χ1) is 11.2. The van der Waals surface area contributed by atoms with Gasteiger partial charge in [0.05, 0.1) is 6.61 Å². The summed E-state index contributed by atoms with van der Waals surface area (Å²) < 4.78 is 11.2. The molecule has 6 heteroatoms. The van der Waals surface area contributed by atoms with Crippen molar-refractivity contribution in [2.45, 2.75) is 50.7 Å². The van der Waals surface area contributed by atoms with Gasteiger partial charge < -0.3 is 19.7 Å². The maximum atomic E-state index is 12.5. The van der Waals surface area contributed by atoms with Crippen LogP contribution in [0, 0.1) is 0 Å². The van der Waals surface area contributed by atoms with E-state index < -0.39 is 0 Å². The Morgan fingerprint density at radius 1 is 1.17 bits per heavy atom. The number of piperidine rings is 1. The summed E-state index contributed by atoms with van der Waals surface area (Å²) in [5.74, 6) is 1.34. The Hall–Kier alpha value is -1.46. The van der Waals surface area contributed by atoms with E-state index in [0.717, 1.165) is 12.8 Å². The van der Waals surface area contributed by atoms with Gasteiger partial charge in [0.25, 0.3) is 5.91 Å². The molecule has 2 fully saturated rings. The van der Waals surface area contributed by atoms with Gasteiger partial charge >= 0.3 is 0 Å². The van der Waals surface area contributed by atoms with E-state index in [9.17, 15) is 4.79 Å². The molecule has 2 heterocycles. The number of nitrogens with one attached hydrogen (secondary N) is 1. The molecule has 2 atom stereocenters. The topological polar surface area (TPSA) is 50.8 Å². The van der Waals surface area contributed by atoms with Crippen molar-refractivity contribution in [2.24, 2.45) is 0 Å². The van der Waals surface area contributed by atoms with Crippen LogP contribution >= 0.6 is 12.4 Å². The number of nitrogens with zero attached hydrogens (tertiary/aromatic N) is 1. The Morgan fingerprint density at radius 3 is 2.33 bits per heavy atom. The summed E-state index contributed by atoms with van der Waals surface area (Å²) in [7, 11) is 1.90. The molecule has 2 aliphatic rings. The number of amides is 1. The second-order valence-electron chi connectivity index (χ2n) is 6.44. The number of fused-ring (bicyclic) bond motifs is 2. The summed E-state index contributed by atoms with van der Waals surface area (Å²) in [6.07, 6.45) is 4.57. The fourth-order valence-corrected chi connectivity index (χ4v) is 3.63. The van der Waals surface area contributed by atoms with Crippen LogP contribution in [-0.2, 0) is 4.79 Å². The zero-order valence-electron chi connectivity index (χ0n) is 14.4. The van der Waals surface area contributed by atoms with Crippen LogP contribution in [0.4, 0.5) is 0 Å². The van der Waals surface area contributed by atoms with Crippen molar-refractivity contribution in [3.63, 3.8) is 0 Å². The van der Waals surface area contributed by atoms with Crippen LogP contribution in [0.2, 0.25) is 0 Å². The summed E-state index contributed by atoms with van der Waals surface area (Å²) in [6.45, 7) is 2.56. The lowest BCUT2D eigenvalue weighted by molar-refractivity contribution is -0.134. The smallest absolute Gasteiger partial charge is 0.260 e. The van der Waals surface area contributed by atoms with E-state index in [1.165, 1.54) is 12.8 Å². The van der Waals surface area contributed by atoms with E-state index in [1.54, 1.807) is 0 Å². The van der Waals surface area contributed by atoms with Crippen molar-refractivity contribution in [3.8, 4) is 11.5 Å². The number of hydrogen-bond acceptors (Lipinski definition) is 4. The summed E-state index contributed by atoms with van der Waals surface area (Å²) in [5, 5.41) is 3.61. The maximum Gasteiger partial charge on any atom is 0.260 e. The third-order valence-electron chi connectivity index (χ3n) is 4.89. The number of carbonyl (C=O) groups is 1. The van der Waals surface area contributed by atoms with Crippen LogP contribution in [0.3, 0.4) is 0 Å². The van der Waals surface area contributed by atoms with E-state index in [1.807, 2.05) is 43.1 Å². The molecule has 0 spiro atoms. The largest absolute Gasteiger partial charge is 0.490 e. The Morgan fingerprint density at radius 2 is 1.75 bits per heavy atom. The van der Waals surface area contributed by atoms with Gasteiger partial charge in [-0.1, -0.05) is 12.1 Å². The molecule has 0 radical (unpaired) electrons. The van der Waals surface area contributed by atoms with Gasteiger partial charge in [0.1, 0.15) is 0 Å². The molecule has 1 N–H and O–H groups in total. The van der Waals surface area contributed by atoms with Gasteiger partial charge in [0.15, 0.2) is 18.1 Å². The number of ether oxygens (including phenoxy) is 2. The fraction of sp³-hybridized carbons (Fsp3) is 0.611. The first-order valence-electron chi connectivity index (χ1n) is 8.53. The lowest BCUT2D eigenvalue weighted by atomic mass is 9.98. The first kappa shape index (κ1) is 18.9. The van der Waals surface area contributed by atoms with Gasteiger partial charge in [-0.3, -0.25) is 4.79 Å². The predicted octanol–water partition coefficient (Wildman–Crippen LogP) is 2.63. The standard InChI is InChI=1S/C18H26N2O3.ClH/c1-3-22-16-6-4-5-7-17(16)23-12-18(21)20(2)15-10-13-8-9-14(11-15)19-13;/h4-7,13-15,19H,3,8-12H2,1-2H3;1H. The minimum Gasteiger partial charge on any atom is -0.490 e. The van der Waals surface area contributed by atoms with E-state index in [4.69, 9.17) is 9.47 Å². The molecular formula is C18H27ClN2O3. The van der Waals surface area contributed by atoms with Crippen LogP contribution in [0.15, 0.2) is 24.3 Å². The molecule has 0 aliphatic carbocycles. The minimum absolute atomic E-state index is 0. The van der Waals surface area contributed by atoms with Crippen molar-refractivity contribution in [3.05, 3.63) is 24.3 Å². The molecule has 1 aromatic carbocycles. The molecule has 2 bridgehead atoms. The lowest BCUT2D eigenvalue weighted by Gasteiger charge is -2.35. The zero-order valence-corrected chi connectivity index (χ0v) is 15.2. The van der Waals surface area contributed by atoms with Crippen LogP contribution in [0.25, 0.3) is 0 Å². The molecule has 0 saturated carbocycles. The highest BCUT2D eigenvalue weighted by molar-refractivity contribution is 5.85. The average molecular weight is 355 g/mol. The highest BCUT2D eigenvalue weighted by atomic mass is 35.5. The number of para-hydroxylation sites is 2. The molecule has 3 rings (SSSR count). The molecule has 134 valence electrons. The van der Waals surface area contributed by atoms with Crippen LogP contribution in [-0.4, -0.2) is 49.2 Å². The first-order valence-corrected chi connectivity index (χ1v) is 8.53. The normalized spacial score (nSPS) is 24.8. The third kappa shape index (κ3) is 4.33. The highest BCUT2D eigenvalue weighted by Crippen LogP contribution is 2.30. The predicted molar refractivity (Wildman–Crippen MR) is 96.1 cm³/mol. The van der Waals surface area contributed by atoms with E-state index in [-0.39, 0.29) is 24.9 Å². The Labute approximate surface area is 150 Å². The molecule has 0 aromatic heterocycles. The number of hydrogen-bond donors (Lipinski definition) is 1. The summed E-state index contributed by atoms with van der Waals surface area (Å²) in [6, 6.07) is 8.96. The van der Waals surface area contributed by atoms with Crippen LogP contribution in [0.5, 0.6) is 11.5 Å². The molecule has 1 amide bonds. The van der Waals surface area contributed by atoms with Crippen molar-refractivity contribution in [2.75, 3.05) is 20.3 Å². The maximum absolute atomic E-state index is 12.5. The van der Waals surface area contributed by atoms with Gasteiger partial charge in [-0.2, -0.15) is 0 Å². The second-order valence-corrected chi connectivity index (χ2v) is 6.44. The van der Waals surface area contributed by atoms with Crippen molar-refractivity contribution >= 4 is 18.3 Å². The molecule has 1 aromatic rings. The third-order valence-corrected chi connectivity index (χ3v) is 4.89. The molecular weight excluding hydrogens is 328 g/mol.